The second-order valence-electron chi connectivity index (χ2n) is 7.19. The van der Waals surface area contributed by atoms with E-state index in [-0.39, 0.29) is 36.1 Å². The lowest BCUT2D eigenvalue weighted by Gasteiger charge is -2.16. The number of benzene rings is 2. The number of anilines is 2. The molecule has 1 aliphatic heterocycles. The molecule has 1 fully saturated rings. The van der Waals surface area contributed by atoms with E-state index in [2.05, 4.69) is 19.2 Å². The van der Waals surface area contributed by atoms with E-state index >= 15 is 0 Å². The van der Waals surface area contributed by atoms with Gasteiger partial charge < -0.3 is 10.1 Å². The number of nitrogens with one attached hydrogen (secondary N) is 1. The fourth-order valence-corrected chi connectivity index (χ4v) is 3.30. The number of nitrogens with zero attached hydrogens (tertiary/aromatic N) is 1. The molecule has 0 unspecified atom stereocenters. The molecule has 0 saturated carbocycles. The monoisotopic (exact) mass is 408 g/mol. The number of hydrogen-bond donors (Lipinski definition) is 1. The molecule has 3 amide bonds. The van der Waals surface area contributed by atoms with Gasteiger partial charge in [0.2, 0.25) is 11.8 Å². The van der Waals surface area contributed by atoms with Crippen LogP contribution in [0.2, 0.25) is 0 Å². The number of amides is 3. The molecule has 7 nitrogen and oxygen atoms in total. The Labute approximate surface area is 175 Å². The summed E-state index contributed by atoms with van der Waals surface area (Å²) >= 11 is 0. The van der Waals surface area contributed by atoms with Crippen LogP contribution in [0.1, 0.15) is 54.9 Å². The van der Waals surface area contributed by atoms with Crippen LogP contribution < -0.4 is 10.2 Å². The van der Waals surface area contributed by atoms with E-state index in [0.717, 1.165) is 16.9 Å². The van der Waals surface area contributed by atoms with Gasteiger partial charge in [-0.2, -0.15) is 0 Å². The van der Waals surface area contributed by atoms with E-state index in [9.17, 15) is 19.2 Å². The van der Waals surface area contributed by atoms with Crippen molar-refractivity contribution < 1.29 is 23.9 Å². The highest BCUT2D eigenvalue weighted by Crippen LogP contribution is 2.26. The van der Waals surface area contributed by atoms with Gasteiger partial charge in [-0.05, 0) is 42.2 Å². The fourth-order valence-electron chi connectivity index (χ4n) is 3.30. The Morgan fingerprint density at radius 1 is 1.07 bits per heavy atom. The van der Waals surface area contributed by atoms with Crippen LogP contribution >= 0.6 is 0 Å². The molecule has 0 aliphatic carbocycles. The van der Waals surface area contributed by atoms with Crippen molar-refractivity contribution in [1.29, 1.82) is 0 Å². The highest BCUT2D eigenvalue weighted by atomic mass is 16.5. The highest BCUT2D eigenvalue weighted by Gasteiger charge is 2.30. The van der Waals surface area contributed by atoms with Crippen molar-refractivity contribution in [3.05, 3.63) is 59.7 Å². The molecule has 2 aromatic rings. The Bertz CT molecular complexity index is 969. The minimum absolute atomic E-state index is 0.159. The molecule has 156 valence electrons. The van der Waals surface area contributed by atoms with Gasteiger partial charge in [-0.3, -0.25) is 19.3 Å². The van der Waals surface area contributed by atoms with Gasteiger partial charge in [-0.1, -0.05) is 38.1 Å². The van der Waals surface area contributed by atoms with Crippen molar-refractivity contribution in [2.24, 2.45) is 0 Å². The zero-order valence-electron chi connectivity index (χ0n) is 17.0. The SMILES string of the molecule is CC[C@@H](C)c1ccccc1NC(=O)COC(=O)c1cccc(N2C(=O)CCC2=O)c1. The zero-order valence-corrected chi connectivity index (χ0v) is 17.0. The van der Waals surface area contributed by atoms with E-state index in [0.29, 0.717) is 11.4 Å². The Kier molecular flexibility index (Phi) is 6.61. The van der Waals surface area contributed by atoms with Gasteiger partial charge in [0.05, 0.1) is 11.3 Å². The third-order valence-electron chi connectivity index (χ3n) is 5.10. The number of rotatable bonds is 7. The van der Waals surface area contributed by atoms with Crippen molar-refractivity contribution in [3.8, 4) is 0 Å². The van der Waals surface area contributed by atoms with Crippen LogP contribution in [0.25, 0.3) is 0 Å². The third-order valence-corrected chi connectivity index (χ3v) is 5.10. The molecule has 1 N–H and O–H groups in total. The van der Waals surface area contributed by atoms with Gasteiger partial charge >= 0.3 is 5.97 Å². The summed E-state index contributed by atoms with van der Waals surface area (Å²) in [5.41, 5.74) is 2.20. The molecular formula is C23H24N2O5. The van der Waals surface area contributed by atoms with Crippen molar-refractivity contribution in [1.82, 2.24) is 0 Å². The Balaban J connectivity index is 1.62. The van der Waals surface area contributed by atoms with E-state index in [1.165, 1.54) is 12.1 Å². The number of carbonyl (C=O) groups is 4. The minimum atomic E-state index is -0.707. The quantitative estimate of drug-likeness (QED) is 0.558. The van der Waals surface area contributed by atoms with Crippen LogP contribution in [0.4, 0.5) is 11.4 Å². The first-order valence-corrected chi connectivity index (χ1v) is 9.92. The van der Waals surface area contributed by atoms with Crippen molar-refractivity contribution in [2.45, 2.75) is 39.0 Å². The predicted molar refractivity (Wildman–Crippen MR) is 112 cm³/mol. The molecule has 30 heavy (non-hydrogen) atoms. The summed E-state index contributed by atoms with van der Waals surface area (Å²) in [4.78, 5) is 49.5. The molecule has 1 heterocycles. The molecule has 0 bridgehead atoms. The van der Waals surface area contributed by atoms with E-state index < -0.39 is 18.5 Å². The first-order valence-electron chi connectivity index (χ1n) is 9.92. The predicted octanol–water partition coefficient (Wildman–Crippen LogP) is 3.65. The molecular weight excluding hydrogens is 384 g/mol. The maximum absolute atomic E-state index is 12.4. The summed E-state index contributed by atoms with van der Waals surface area (Å²) < 4.78 is 5.12. The van der Waals surface area contributed by atoms with Gasteiger partial charge in [-0.25, -0.2) is 4.79 Å². The number of esters is 1. The lowest BCUT2D eigenvalue weighted by atomic mass is 9.97. The Hall–Kier alpha value is -3.48. The summed E-state index contributed by atoms with van der Waals surface area (Å²) in [7, 11) is 0. The molecule has 0 spiro atoms. The van der Waals surface area contributed by atoms with Crippen LogP contribution in [0.3, 0.4) is 0 Å². The lowest BCUT2D eigenvalue weighted by molar-refractivity contribution is -0.121. The summed E-state index contributed by atoms with van der Waals surface area (Å²) in [6.45, 7) is 3.70. The van der Waals surface area contributed by atoms with Crippen molar-refractivity contribution in [2.75, 3.05) is 16.8 Å². The smallest absolute Gasteiger partial charge is 0.338 e. The second kappa shape index (κ2) is 9.35. The Morgan fingerprint density at radius 3 is 2.47 bits per heavy atom. The standard InChI is InChI=1S/C23H24N2O5/c1-3-15(2)18-9-4-5-10-19(18)24-20(26)14-30-23(29)16-7-6-8-17(13-16)25-21(27)11-12-22(25)28/h4-10,13,15H,3,11-12,14H2,1-2H3,(H,24,26)/t15-/m1/s1. The topological polar surface area (TPSA) is 92.8 Å². The van der Waals surface area contributed by atoms with E-state index in [1.807, 2.05) is 24.3 Å². The van der Waals surface area contributed by atoms with Gasteiger partial charge in [0, 0.05) is 18.5 Å². The molecule has 2 aromatic carbocycles. The molecule has 3 rings (SSSR count). The number of para-hydroxylation sites is 1. The average Bonchev–Trinajstić information content (AvgIpc) is 3.10. The van der Waals surface area contributed by atoms with Crippen molar-refractivity contribution >= 4 is 35.1 Å². The van der Waals surface area contributed by atoms with Gasteiger partial charge in [0.1, 0.15) is 0 Å². The molecule has 0 aromatic heterocycles. The highest BCUT2D eigenvalue weighted by molar-refractivity contribution is 6.20. The van der Waals surface area contributed by atoms with Gasteiger partial charge in [-0.15, -0.1) is 0 Å². The molecule has 1 saturated heterocycles. The number of imide groups is 1. The number of ether oxygens (including phenoxy) is 1. The average molecular weight is 408 g/mol. The first kappa shape index (κ1) is 21.2. The lowest BCUT2D eigenvalue weighted by Crippen LogP contribution is -2.28. The summed E-state index contributed by atoms with van der Waals surface area (Å²) in [6, 6.07) is 13.6. The van der Waals surface area contributed by atoms with Crippen LogP contribution in [-0.4, -0.2) is 30.3 Å². The number of hydrogen-bond acceptors (Lipinski definition) is 5. The maximum Gasteiger partial charge on any atom is 0.338 e. The largest absolute Gasteiger partial charge is 0.452 e. The van der Waals surface area contributed by atoms with E-state index in [1.54, 1.807) is 12.1 Å². The number of carbonyl (C=O) groups excluding carboxylic acids is 4. The molecule has 1 atom stereocenters. The first-order chi connectivity index (χ1) is 14.4. The summed E-state index contributed by atoms with van der Waals surface area (Å²) in [5.74, 6) is -1.47. The fraction of sp³-hybridized carbons (Fsp3) is 0.304. The molecule has 7 heteroatoms. The normalized spacial score (nSPS) is 14.5. The summed E-state index contributed by atoms with van der Waals surface area (Å²) in [6.07, 6.45) is 1.25. The Morgan fingerprint density at radius 2 is 1.77 bits per heavy atom. The van der Waals surface area contributed by atoms with Gasteiger partial charge in [0.15, 0.2) is 6.61 Å². The van der Waals surface area contributed by atoms with Gasteiger partial charge in [0.25, 0.3) is 5.91 Å². The maximum atomic E-state index is 12.4. The van der Waals surface area contributed by atoms with E-state index in [4.69, 9.17) is 4.74 Å². The van der Waals surface area contributed by atoms with Crippen LogP contribution in [-0.2, 0) is 19.1 Å². The van der Waals surface area contributed by atoms with Crippen molar-refractivity contribution in [3.63, 3.8) is 0 Å². The summed E-state index contributed by atoms with van der Waals surface area (Å²) in [5, 5.41) is 2.79. The molecule has 1 aliphatic rings. The van der Waals surface area contributed by atoms with Crippen LogP contribution in [0, 0.1) is 0 Å². The third kappa shape index (κ3) is 4.74. The zero-order chi connectivity index (χ0) is 21.7. The van der Waals surface area contributed by atoms with Crippen LogP contribution in [0.15, 0.2) is 48.5 Å². The second-order valence-corrected chi connectivity index (χ2v) is 7.19. The minimum Gasteiger partial charge on any atom is -0.452 e. The molecule has 0 radical (unpaired) electrons. The van der Waals surface area contributed by atoms with Crippen LogP contribution in [0.5, 0.6) is 0 Å².